The third-order valence-electron chi connectivity index (χ3n) is 5.95. The minimum absolute atomic E-state index is 0.0146. The molecule has 2 aromatic carbocycles. The Bertz CT molecular complexity index is 1390. The van der Waals surface area contributed by atoms with Crippen molar-refractivity contribution in [3.05, 3.63) is 74.4 Å². The molecular weight excluding hydrogens is 440 g/mol. The molecule has 0 fully saturated rings. The van der Waals surface area contributed by atoms with Crippen LogP contribution >= 0.6 is 23.1 Å². The average molecular weight is 465 g/mol. The summed E-state index contributed by atoms with van der Waals surface area (Å²) < 4.78 is 13.8. The zero-order chi connectivity index (χ0) is 22.4. The molecule has 3 heterocycles. The van der Waals surface area contributed by atoms with E-state index in [1.165, 1.54) is 11.8 Å². The number of ether oxygens (including phenoxy) is 2. The summed E-state index contributed by atoms with van der Waals surface area (Å²) in [7, 11) is 0. The standard InChI is InChI=1S/C25H24N2O3S2/c1-14-8-7-9-19(15(14)2)27-24(28)22-16(3)17(4)32-23(22)26-25(27)31-13-18-12-29-20-10-5-6-11-21(20)30-18/h5-11,18H,12-13H2,1-4H3/t18-/m1/s1. The zero-order valence-corrected chi connectivity index (χ0v) is 20.1. The molecule has 164 valence electrons. The first kappa shape index (κ1) is 21.1. The highest BCUT2D eigenvalue weighted by molar-refractivity contribution is 7.99. The van der Waals surface area contributed by atoms with Crippen LogP contribution in [0.2, 0.25) is 0 Å². The lowest BCUT2D eigenvalue weighted by atomic mass is 10.1. The first-order valence-electron chi connectivity index (χ1n) is 10.5. The van der Waals surface area contributed by atoms with Crippen LogP contribution in [-0.2, 0) is 0 Å². The second-order valence-electron chi connectivity index (χ2n) is 8.03. The SMILES string of the molecule is Cc1cccc(-n2c(SC[C@H]3COc4ccccc4O3)nc3sc(C)c(C)c3c2=O)c1C. The van der Waals surface area contributed by atoms with Crippen LogP contribution in [0.4, 0.5) is 0 Å². The Balaban J connectivity index is 1.56. The number of aromatic nitrogens is 2. The first-order chi connectivity index (χ1) is 15.4. The molecule has 0 amide bonds. The van der Waals surface area contributed by atoms with Gasteiger partial charge in [0.2, 0.25) is 0 Å². The van der Waals surface area contributed by atoms with Gasteiger partial charge < -0.3 is 9.47 Å². The smallest absolute Gasteiger partial charge is 0.267 e. The number of aryl methyl sites for hydroxylation is 3. The fourth-order valence-electron chi connectivity index (χ4n) is 3.87. The molecule has 0 unspecified atom stereocenters. The van der Waals surface area contributed by atoms with Gasteiger partial charge in [0.1, 0.15) is 17.5 Å². The van der Waals surface area contributed by atoms with Crippen LogP contribution in [-0.4, -0.2) is 28.0 Å². The highest BCUT2D eigenvalue weighted by Gasteiger charge is 2.24. The Morgan fingerprint density at radius 3 is 2.66 bits per heavy atom. The van der Waals surface area contributed by atoms with Crippen molar-refractivity contribution in [1.82, 2.24) is 9.55 Å². The van der Waals surface area contributed by atoms with Gasteiger partial charge in [-0.15, -0.1) is 11.3 Å². The van der Waals surface area contributed by atoms with E-state index in [1.807, 2.05) is 50.2 Å². The Hall–Kier alpha value is -2.77. The number of para-hydroxylation sites is 2. The third-order valence-corrected chi connectivity index (χ3v) is 8.13. The molecular formula is C25H24N2O3S2. The van der Waals surface area contributed by atoms with Gasteiger partial charge in [-0.1, -0.05) is 36.0 Å². The number of fused-ring (bicyclic) bond motifs is 2. The van der Waals surface area contributed by atoms with Crippen LogP contribution in [0.25, 0.3) is 15.9 Å². The van der Waals surface area contributed by atoms with Gasteiger partial charge in [0.05, 0.1) is 11.1 Å². The number of benzene rings is 2. The summed E-state index contributed by atoms with van der Waals surface area (Å²) in [5, 5.41) is 1.39. The molecule has 4 aromatic rings. The normalized spacial score (nSPS) is 15.3. The second-order valence-corrected chi connectivity index (χ2v) is 10.2. The lowest BCUT2D eigenvalue weighted by Gasteiger charge is -2.26. The zero-order valence-electron chi connectivity index (χ0n) is 18.5. The van der Waals surface area contributed by atoms with Gasteiger partial charge in [-0.3, -0.25) is 9.36 Å². The van der Waals surface area contributed by atoms with Crippen molar-refractivity contribution in [2.75, 3.05) is 12.4 Å². The molecule has 0 saturated carbocycles. The molecule has 0 saturated heterocycles. The van der Waals surface area contributed by atoms with Crippen molar-refractivity contribution in [3.63, 3.8) is 0 Å². The van der Waals surface area contributed by atoms with E-state index < -0.39 is 0 Å². The number of nitrogens with zero attached hydrogens (tertiary/aromatic N) is 2. The van der Waals surface area contributed by atoms with Crippen molar-refractivity contribution in [1.29, 1.82) is 0 Å². The van der Waals surface area contributed by atoms with Crippen molar-refractivity contribution in [3.8, 4) is 17.2 Å². The van der Waals surface area contributed by atoms with Crippen molar-refractivity contribution < 1.29 is 9.47 Å². The van der Waals surface area contributed by atoms with E-state index >= 15 is 0 Å². The van der Waals surface area contributed by atoms with E-state index in [4.69, 9.17) is 14.5 Å². The largest absolute Gasteiger partial charge is 0.486 e. The number of thioether (sulfide) groups is 1. The molecule has 2 aromatic heterocycles. The summed E-state index contributed by atoms with van der Waals surface area (Å²) in [5.74, 6) is 2.15. The fraction of sp³-hybridized carbons (Fsp3) is 0.280. The lowest BCUT2D eigenvalue weighted by molar-refractivity contribution is 0.107. The van der Waals surface area contributed by atoms with Gasteiger partial charge in [-0.25, -0.2) is 4.98 Å². The maximum Gasteiger partial charge on any atom is 0.267 e. The van der Waals surface area contributed by atoms with Crippen molar-refractivity contribution in [2.24, 2.45) is 0 Å². The first-order valence-corrected chi connectivity index (χ1v) is 12.3. The Morgan fingerprint density at radius 2 is 1.84 bits per heavy atom. The molecule has 0 spiro atoms. The van der Waals surface area contributed by atoms with Crippen LogP contribution < -0.4 is 15.0 Å². The molecule has 5 rings (SSSR count). The van der Waals surface area contributed by atoms with Crippen molar-refractivity contribution >= 4 is 33.3 Å². The van der Waals surface area contributed by atoms with E-state index in [1.54, 1.807) is 15.9 Å². The van der Waals surface area contributed by atoms with Crippen molar-refractivity contribution in [2.45, 2.75) is 39.0 Å². The third kappa shape index (κ3) is 3.59. The Labute approximate surface area is 195 Å². The van der Waals surface area contributed by atoms with Gasteiger partial charge in [0.15, 0.2) is 16.7 Å². The highest BCUT2D eigenvalue weighted by atomic mass is 32.2. The minimum Gasteiger partial charge on any atom is -0.486 e. The predicted octanol–water partition coefficient (Wildman–Crippen LogP) is 5.61. The number of hydrogen-bond acceptors (Lipinski definition) is 6. The van der Waals surface area contributed by atoms with Crippen LogP contribution in [0, 0.1) is 27.7 Å². The van der Waals surface area contributed by atoms with Gasteiger partial charge >= 0.3 is 0 Å². The maximum atomic E-state index is 13.7. The number of rotatable bonds is 4. The Kier molecular flexibility index (Phi) is 5.47. The molecule has 32 heavy (non-hydrogen) atoms. The maximum absolute atomic E-state index is 13.7. The molecule has 5 nitrogen and oxygen atoms in total. The topological polar surface area (TPSA) is 53.4 Å². The van der Waals surface area contributed by atoms with E-state index in [0.29, 0.717) is 22.9 Å². The molecule has 0 radical (unpaired) electrons. The summed E-state index contributed by atoms with van der Waals surface area (Å²) in [6.07, 6.45) is -0.124. The minimum atomic E-state index is -0.124. The molecule has 0 bridgehead atoms. The molecule has 7 heteroatoms. The van der Waals surface area contributed by atoms with Crippen LogP contribution in [0.1, 0.15) is 21.6 Å². The van der Waals surface area contributed by atoms with E-state index in [-0.39, 0.29) is 11.7 Å². The predicted molar refractivity (Wildman–Crippen MR) is 131 cm³/mol. The monoisotopic (exact) mass is 464 g/mol. The summed E-state index contributed by atoms with van der Waals surface area (Å²) in [5.41, 5.74) is 4.09. The highest BCUT2D eigenvalue weighted by Crippen LogP contribution is 2.34. The van der Waals surface area contributed by atoms with Crippen LogP contribution in [0.15, 0.2) is 52.4 Å². The summed E-state index contributed by atoms with van der Waals surface area (Å²) in [6, 6.07) is 13.7. The van der Waals surface area contributed by atoms with Gasteiger partial charge in [0.25, 0.3) is 5.56 Å². The summed E-state index contributed by atoms with van der Waals surface area (Å²) in [4.78, 5) is 20.6. The lowest BCUT2D eigenvalue weighted by Crippen LogP contribution is -2.31. The number of thiophene rings is 1. The number of hydrogen-bond donors (Lipinski definition) is 0. The van der Waals surface area contributed by atoms with Gasteiger partial charge in [0, 0.05) is 10.6 Å². The fourth-order valence-corrected chi connectivity index (χ4v) is 5.92. The van der Waals surface area contributed by atoms with Gasteiger partial charge in [-0.2, -0.15) is 0 Å². The molecule has 1 aliphatic heterocycles. The van der Waals surface area contributed by atoms with Crippen LogP contribution in [0.5, 0.6) is 11.5 Å². The van der Waals surface area contributed by atoms with E-state index in [0.717, 1.165) is 43.6 Å². The quantitative estimate of drug-likeness (QED) is 0.290. The molecule has 0 N–H and O–H groups in total. The van der Waals surface area contributed by atoms with E-state index in [9.17, 15) is 4.79 Å². The second kappa shape index (κ2) is 8.30. The molecule has 1 aliphatic rings. The van der Waals surface area contributed by atoms with Crippen LogP contribution in [0.3, 0.4) is 0 Å². The molecule has 1 atom stereocenters. The summed E-state index contributed by atoms with van der Waals surface area (Å²) >= 11 is 3.11. The molecule has 0 aliphatic carbocycles. The average Bonchev–Trinajstić information content (AvgIpc) is 3.08. The van der Waals surface area contributed by atoms with E-state index in [2.05, 4.69) is 19.9 Å². The van der Waals surface area contributed by atoms with Gasteiger partial charge in [-0.05, 0) is 62.6 Å². The summed E-state index contributed by atoms with van der Waals surface area (Å²) in [6.45, 7) is 8.63. The Morgan fingerprint density at radius 1 is 1.06 bits per heavy atom.